The van der Waals surface area contributed by atoms with Crippen LogP contribution in [0.2, 0.25) is 0 Å². The van der Waals surface area contributed by atoms with Crippen LogP contribution in [-0.4, -0.2) is 18.4 Å². The molecule has 0 spiro atoms. The van der Waals surface area contributed by atoms with E-state index in [9.17, 15) is 9.59 Å². The molecule has 0 radical (unpaired) electrons. The number of ether oxygens (including phenoxy) is 1. The van der Waals surface area contributed by atoms with Crippen LogP contribution in [0.5, 0.6) is 5.75 Å². The van der Waals surface area contributed by atoms with Crippen molar-refractivity contribution < 1.29 is 14.3 Å². The topological polar surface area (TPSA) is 46.6 Å². The third kappa shape index (κ3) is 2.81. The minimum atomic E-state index is -0.504. The summed E-state index contributed by atoms with van der Waals surface area (Å²) >= 11 is 6.18. The van der Waals surface area contributed by atoms with Gasteiger partial charge >= 0.3 is 0 Å². The van der Waals surface area contributed by atoms with Gasteiger partial charge in [-0.2, -0.15) is 0 Å². The molecule has 5 heteroatoms. The Morgan fingerprint density at radius 2 is 1.75 bits per heavy atom. The Bertz CT molecular complexity index is 840. The Morgan fingerprint density at radius 3 is 2.38 bits per heavy atom. The predicted molar refractivity (Wildman–Crippen MR) is 94.1 cm³/mol. The smallest absolute Gasteiger partial charge is 0.277 e. The molecule has 3 rings (SSSR count). The van der Waals surface area contributed by atoms with Crippen LogP contribution in [0.4, 0.5) is 5.69 Å². The molecule has 0 saturated carbocycles. The fourth-order valence-corrected chi connectivity index (χ4v) is 2.91. The molecule has 2 aromatic carbocycles. The number of halogens is 1. The number of carbonyl (C=O) groups is 2. The van der Waals surface area contributed by atoms with E-state index in [4.69, 9.17) is 16.3 Å². The number of hydrogen-bond acceptors (Lipinski definition) is 3. The minimum absolute atomic E-state index is 0.0642. The van der Waals surface area contributed by atoms with Gasteiger partial charge in [-0.05, 0) is 49.2 Å². The minimum Gasteiger partial charge on any atom is -0.494 e. The van der Waals surface area contributed by atoms with Gasteiger partial charge in [-0.25, -0.2) is 4.90 Å². The van der Waals surface area contributed by atoms with E-state index in [1.165, 1.54) is 0 Å². The van der Waals surface area contributed by atoms with Crippen molar-refractivity contribution in [3.8, 4) is 5.75 Å². The Hall–Kier alpha value is -2.59. The maximum atomic E-state index is 12.8. The number of imide groups is 1. The average molecular weight is 342 g/mol. The first-order chi connectivity index (χ1) is 11.5. The zero-order valence-corrected chi connectivity index (χ0v) is 14.1. The van der Waals surface area contributed by atoms with E-state index in [0.29, 0.717) is 23.6 Å². The van der Waals surface area contributed by atoms with Crippen LogP contribution in [0.1, 0.15) is 18.1 Å². The van der Waals surface area contributed by atoms with Gasteiger partial charge in [-0.15, -0.1) is 0 Å². The van der Waals surface area contributed by atoms with Crippen molar-refractivity contribution in [1.82, 2.24) is 0 Å². The van der Waals surface area contributed by atoms with Crippen molar-refractivity contribution in [2.45, 2.75) is 13.8 Å². The first-order valence-corrected chi connectivity index (χ1v) is 7.99. The summed E-state index contributed by atoms with van der Waals surface area (Å²) in [5.74, 6) is -0.221. The molecule has 0 fully saturated rings. The number of benzene rings is 2. The van der Waals surface area contributed by atoms with Gasteiger partial charge in [0.15, 0.2) is 0 Å². The number of carbonyl (C=O) groups excluding carboxylic acids is 2. The molecule has 0 aromatic heterocycles. The van der Waals surface area contributed by atoms with Crippen LogP contribution in [0.3, 0.4) is 0 Å². The van der Waals surface area contributed by atoms with Crippen LogP contribution in [-0.2, 0) is 9.59 Å². The van der Waals surface area contributed by atoms with E-state index in [0.717, 1.165) is 10.5 Å². The third-order valence-electron chi connectivity index (χ3n) is 3.74. The van der Waals surface area contributed by atoms with Gasteiger partial charge in [0.05, 0.1) is 17.9 Å². The first kappa shape index (κ1) is 16.3. The van der Waals surface area contributed by atoms with Crippen LogP contribution in [0.15, 0.2) is 53.6 Å². The van der Waals surface area contributed by atoms with Crippen molar-refractivity contribution in [3.63, 3.8) is 0 Å². The Balaban J connectivity index is 1.97. The fourth-order valence-electron chi connectivity index (χ4n) is 2.64. The standard InChI is InChI=1S/C19H16ClNO3/c1-3-24-15-9-7-13(8-10-15)16-17(20)19(23)21(18(16)22)14-6-4-5-12(2)11-14/h4-11H,3H2,1-2H3. The number of aryl methyl sites for hydroxylation is 1. The summed E-state index contributed by atoms with van der Waals surface area (Å²) in [6.45, 7) is 4.35. The molecule has 0 atom stereocenters. The highest BCUT2D eigenvalue weighted by Crippen LogP contribution is 2.35. The first-order valence-electron chi connectivity index (χ1n) is 7.61. The number of nitrogens with zero attached hydrogens (tertiary/aromatic N) is 1. The summed E-state index contributed by atoms with van der Waals surface area (Å²) in [5, 5.41) is -0.0642. The molecule has 122 valence electrons. The van der Waals surface area contributed by atoms with Gasteiger partial charge in [0, 0.05) is 0 Å². The van der Waals surface area contributed by atoms with Gasteiger partial charge in [-0.1, -0.05) is 35.9 Å². The molecule has 0 aliphatic carbocycles. The lowest BCUT2D eigenvalue weighted by Gasteiger charge is -2.15. The number of anilines is 1. The van der Waals surface area contributed by atoms with Crippen molar-refractivity contribution in [2.24, 2.45) is 0 Å². The molecule has 0 saturated heterocycles. The molecule has 2 amide bonds. The molecule has 24 heavy (non-hydrogen) atoms. The van der Waals surface area contributed by atoms with E-state index in [2.05, 4.69) is 0 Å². The molecule has 1 aliphatic heterocycles. The molecule has 0 bridgehead atoms. The van der Waals surface area contributed by atoms with E-state index in [1.807, 2.05) is 19.9 Å². The van der Waals surface area contributed by atoms with Gasteiger partial charge in [0.1, 0.15) is 10.8 Å². The van der Waals surface area contributed by atoms with Crippen LogP contribution in [0, 0.1) is 6.92 Å². The largest absolute Gasteiger partial charge is 0.494 e. The van der Waals surface area contributed by atoms with Gasteiger partial charge in [0.25, 0.3) is 11.8 Å². The highest BCUT2D eigenvalue weighted by Gasteiger charge is 2.39. The monoisotopic (exact) mass is 341 g/mol. The third-order valence-corrected chi connectivity index (χ3v) is 4.09. The van der Waals surface area contributed by atoms with Crippen molar-refractivity contribution in [1.29, 1.82) is 0 Å². The molecule has 0 unspecified atom stereocenters. The second-order valence-electron chi connectivity index (χ2n) is 5.43. The van der Waals surface area contributed by atoms with Crippen LogP contribution >= 0.6 is 11.6 Å². The SMILES string of the molecule is CCOc1ccc(C2=C(Cl)C(=O)N(c3cccc(C)c3)C2=O)cc1. The second-order valence-corrected chi connectivity index (χ2v) is 5.81. The molecule has 1 aliphatic rings. The summed E-state index contributed by atoms with van der Waals surface area (Å²) in [6, 6.07) is 14.2. The molecular weight excluding hydrogens is 326 g/mol. The molecule has 0 N–H and O–H groups in total. The average Bonchev–Trinajstić information content (AvgIpc) is 2.78. The fraction of sp³-hybridized carbons (Fsp3) is 0.158. The summed E-state index contributed by atoms with van der Waals surface area (Å²) in [6.07, 6.45) is 0. The normalized spacial score (nSPS) is 14.5. The van der Waals surface area contributed by atoms with Gasteiger partial charge in [0.2, 0.25) is 0 Å². The maximum Gasteiger partial charge on any atom is 0.277 e. The lowest BCUT2D eigenvalue weighted by atomic mass is 10.1. The van der Waals surface area contributed by atoms with E-state index in [1.54, 1.807) is 42.5 Å². The molecular formula is C19H16ClNO3. The Kier molecular flexibility index (Phi) is 4.40. The van der Waals surface area contributed by atoms with Crippen LogP contribution < -0.4 is 9.64 Å². The summed E-state index contributed by atoms with van der Waals surface area (Å²) in [5.41, 5.74) is 2.28. The van der Waals surface area contributed by atoms with Crippen molar-refractivity contribution in [3.05, 3.63) is 64.7 Å². The van der Waals surface area contributed by atoms with E-state index >= 15 is 0 Å². The maximum absolute atomic E-state index is 12.8. The van der Waals surface area contributed by atoms with Crippen molar-refractivity contribution >= 4 is 34.7 Å². The summed E-state index contributed by atoms with van der Waals surface area (Å²) < 4.78 is 5.39. The molecule has 4 nitrogen and oxygen atoms in total. The van der Waals surface area contributed by atoms with E-state index < -0.39 is 11.8 Å². The Labute approximate surface area is 145 Å². The number of amides is 2. The molecule has 1 heterocycles. The molecule has 2 aromatic rings. The Morgan fingerprint density at radius 1 is 1.04 bits per heavy atom. The van der Waals surface area contributed by atoms with E-state index in [-0.39, 0.29) is 10.6 Å². The number of rotatable bonds is 4. The lowest BCUT2D eigenvalue weighted by molar-refractivity contribution is -0.119. The van der Waals surface area contributed by atoms with Gasteiger partial charge in [-0.3, -0.25) is 9.59 Å². The predicted octanol–water partition coefficient (Wildman–Crippen LogP) is 3.92. The summed E-state index contributed by atoms with van der Waals surface area (Å²) in [4.78, 5) is 26.4. The quantitative estimate of drug-likeness (QED) is 0.792. The number of hydrogen-bond donors (Lipinski definition) is 0. The second kappa shape index (κ2) is 6.49. The van der Waals surface area contributed by atoms with Gasteiger partial charge < -0.3 is 4.74 Å². The van der Waals surface area contributed by atoms with Crippen molar-refractivity contribution in [2.75, 3.05) is 11.5 Å². The van der Waals surface area contributed by atoms with Crippen LogP contribution in [0.25, 0.3) is 5.57 Å². The zero-order valence-electron chi connectivity index (χ0n) is 13.4. The highest BCUT2D eigenvalue weighted by molar-refractivity contribution is 6.60. The summed E-state index contributed by atoms with van der Waals surface area (Å²) in [7, 11) is 0. The highest BCUT2D eigenvalue weighted by atomic mass is 35.5. The zero-order chi connectivity index (χ0) is 17.3. The lowest BCUT2D eigenvalue weighted by Crippen LogP contribution is -2.31.